The van der Waals surface area contributed by atoms with E-state index in [-0.39, 0.29) is 17.1 Å². The Bertz CT molecular complexity index is 548. The summed E-state index contributed by atoms with van der Waals surface area (Å²) < 4.78 is 24.5. The zero-order valence-electron chi connectivity index (χ0n) is 10.7. The highest BCUT2D eigenvalue weighted by molar-refractivity contribution is 5.57. The van der Waals surface area contributed by atoms with Gasteiger partial charge in [0.1, 0.15) is 5.54 Å². The van der Waals surface area contributed by atoms with Crippen molar-refractivity contribution in [3.63, 3.8) is 0 Å². The number of halogens is 1. The number of benzene rings is 1. The number of phenolic OH excluding ortho intramolecular Hbond substituents is 1. The molecule has 2 rings (SSSR count). The second kappa shape index (κ2) is 4.90. The molecule has 1 aromatic carbocycles. The molecule has 0 unspecified atom stereocenters. The van der Waals surface area contributed by atoms with Crippen LogP contribution in [0.2, 0.25) is 0 Å². The number of ether oxygens (including phenoxy) is 2. The van der Waals surface area contributed by atoms with Crippen molar-refractivity contribution in [2.24, 2.45) is 4.99 Å². The van der Waals surface area contributed by atoms with Gasteiger partial charge in [-0.15, -0.1) is 0 Å². The number of methoxy groups -OCH3 is 2. The predicted molar refractivity (Wildman–Crippen MR) is 64.8 cm³/mol. The molecule has 1 aliphatic carbocycles. The van der Waals surface area contributed by atoms with Gasteiger partial charge in [-0.25, -0.2) is 9.18 Å². The van der Waals surface area contributed by atoms with E-state index in [1.54, 1.807) is 0 Å². The average molecular weight is 267 g/mol. The van der Waals surface area contributed by atoms with Crippen molar-refractivity contribution < 1.29 is 23.8 Å². The molecule has 0 spiro atoms. The van der Waals surface area contributed by atoms with Gasteiger partial charge in [0.2, 0.25) is 6.08 Å². The Morgan fingerprint density at radius 1 is 1.42 bits per heavy atom. The number of hydrogen-bond donors (Lipinski definition) is 1. The Hall–Kier alpha value is -2.07. The molecule has 0 aliphatic heterocycles. The van der Waals surface area contributed by atoms with Crippen molar-refractivity contribution in [1.82, 2.24) is 0 Å². The number of phenols is 1. The Kier molecular flexibility index (Phi) is 3.44. The lowest BCUT2D eigenvalue weighted by Crippen LogP contribution is -2.33. The van der Waals surface area contributed by atoms with Gasteiger partial charge in [-0.2, -0.15) is 4.99 Å². The van der Waals surface area contributed by atoms with Gasteiger partial charge in [0.15, 0.2) is 23.1 Å². The maximum atomic E-state index is 14.2. The quantitative estimate of drug-likeness (QED) is 0.671. The maximum absolute atomic E-state index is 14.2. The van der Waals surface area contributed by atoms with E-state index in [0.717, 1.165) is 12.5 Å². The number of isocyanates is 1. The molecule has 5 nitrogen and oxygen atoms in total. The number of aromatic hydroxyl groups is 1. The van der Waals surface area contributed by atoms with Gasteiger partial charge in [0.25, 0.3) is 0 Å². The molecule has 0 aromatic heterocycles. The summed E-state index contributed by atoms with van der Waals surface area (Å²) in [6.45, 7) is 0. The normalized spacial score (nSPS) is 16.2. The molecular formula is C13H14FNO4. The van der Waals surface area contributed by atoms with E-state index in [4.69, 9.17) is 9.47 Å². The van der Waals surface area contributed by atoms with Crippen LogP contribution in [0.5, 0.6) is 17.2 Å². The first-order valence-corrected chi connectivity index (χ1v) is 5.82. The summed E-state index contributed by atoms with van der Waals surface area (Å²) >= 11 is 0. The minimum atomic E-state index is -1.01. The van der Waals surface area contributed by atoms with Crippen molar-refractivity contribution in [2.45, 2.75) is 24.8 Å². The van der Waals surface area contributed by atoms with Crippen LogP contribution in [0.15, 0.2) is 11.1 Å². The Labute approximate surface area is 109 Å². The molecule has 0 atom stereocenters. The van der Waals surface area contributed by atoms with E-state index in [9.17, 15) is 14.3 Å². The Morgan fingerprint density at radius 2 is 2.11 bits per heavy atom. The fraction of sp³-hybridized carbons (Fsp3) is 0.462. The molecular weight excluding hydrogens is 253 g/mol. The van der Waals surface area contributed by atoms with Crippen LogP contribution in [0.4, 0.5) is 4.39 Å². The number of aliphatic imine (C=N–C) groups is 1. The van der Waals surface area contributed by atoms with Gasteiger partial charge in [-0.05, 0) is 19.3 Å². The summed E-state index contributed by atoms with van der Waals surface area (Å²) in [5, 5.41) is 9.63. The highest BCUT2D eigenvalue weighted by Crippen LogP contribution is 2.53. The third-order valence-electron chi connectivity index (χ3n) is 3.49. The zero-order valence-corrected chi connectivity index (χ0v) is 10.7. The summed E-state index contributed by atoms with van der Waals surface area (Å²) in [6, 6.07) is 1.13. The molecule has 102 valence electrons. The summed E-state index contributed by atoms with van der Waals surface area (Å²) in [5.41, 5.74) is -0.954. The fourth-order valence-corrected chi connectivity index (χ4v) is 2.39. The number of hydrogen-bond acceptors (Lipinski definition) is 5. The van der Waals surface area contributed by atoms with Crippen LogP contribution < -0.4 is 9.47 Å². The predicted octanol–water partition coefficient (Wildman–Crippen LogP) is 2.26. The van der Waals surface area contributed by atoms with E-state index >= 15 is 0 Å². The molecule has 0 radical (unpaired) electrons. The number of nitrogens with zero attached hydrogens (tertiary/aromatic N) is 1. The van der Waals surface area contributed by atoms with E-state index in [1.165, 1.54) is 20.3 Å². The average Bonchev–Trinajstić information content (AvgIpc) is 2.37. The van der Waals surface area contributed by atoms with Crippen LogP contribution in [0.3, 0.4) is 0 Å². The van der Waals surface area contributed by atoms with Crippen molar-refractivity contribution in [3.05, 3.63) is 17.4 Å². The summed E-state index contributed by atoms with van der Waals surface area (Å²) in [5.74, 6) is -1.04. The van der Waals surface area contributed by atoms with Gasteiger partial charge in [-0.1, -0.05) is 0 Å². The third-order valence-corrected chi connectivity index (χ3v) is 3.49. The zero-order chi connectivity index (χ0) is 14.0. The van der Waals surface area contributed by atoms with Crippen LogP contribution in [-0.2, 0) is 10.3 Å². The molecule has 0 saturated heterocycles. The van der Waals surface area contributed by atoms with Crippen LogP contribution in [0.25, 0.3) is 0 Å². The molecule has 19 heavy (non-hydrogen) atoms. The lowest BCUT2D eigenvalue weighted by atomic mass is 9.71. The van der Waals surface area contributed by atoms with Crippen molar-refractivity contribution >= 4 is 6.08 Å². The summed E-state index contributed by atoms with van der Waals surface area (Å²) in [7, 11) is 2.75. The van der Waals surface area contributed by atoms with E-state index in [1.807, 2.05) is 0 Å². The summed E-state index contributed by atoms with van der Waals surface area (Å²) in [4.78, 5) is 14.3. The van der Waals surface area contributed by atoms with Gasteiger partial charge >= 0.3 is 0 Å². The SMILES string of the molecule is COc1cc(O)c(F)c(C2(N=C=O)CCC2)c1OC. The molecule has 0 amide bonds. The Morgan fingerprint density at radius 3 is 2.53 bits per heavy atom. The topological polar surface area (TPSA) is 68.1 Å². The fourth-order valence-electron chi connectivity index (χ4n) is 2.39. The second-order valence-electron chi connectivity index (χ2n) is 4.41. The minimum Gasteiger partial charge on any atom is -0.505 e. The van der Waals surface area contributed by atoms with E-state index in [2.05, 4.69) is 4.99 Å². The number of carbonyl (C=O) groups excluding carboxylic acids is 1. The number of rotatable bonds is 4. The molecule has 0 heterocycles. The van der Waals surface area contributed by atoms with Gasteiger partial charge in [0.05, 0.1) is 19.8 Å². The molecule has 1 aromatic rings. The van der Waals surface area contributed by atoms with Crippen molar-refractivity contribution in [2.75, 3.05) is 14.2 Å². The lowest BCUT2D eigenvalue weighted by molar-refractivity contribution is 0.230. The van der Waals surface area contributed by atoms with Crippen molar-refractivity contribution in [1.29, 1.82) is 0 Å². The highest BCUT2D eigenvalue weighted by atomic mass is 19.1. The smallest absolute Gasteiger partial charge is 0.235 e. The molecule has 1 N–H and O–H groups in total. The maximum Gasteiger partial charge on any atom is 0.235 e. The molecule has 6 heteroatoms. The lowest BCUT2D eigenvalue weighted by Gasteiger charge is -2.38. The largest absolute Gasteiger partial charge is 0.505 e. The van der Waals surface area contributed by atoms with E-state index in [0.29, 0.717) is 12.8 Å². The second-order valence-corrected chi connectivity index (χ2v) is 4.41. The van der Waals surface area contributed by atoms with E-state index < -0.39 is 17.1 Å². The summed E-state index contributed by atoms with van der Waals surface area (Å²) in [6.07, 6.45) is 3.29. The standard InChI is InChI=1S/C13H14FNO4/c1-18-9-6-8(17)11(14)10(12(9)19-2)13(15-7-16)4-3-5-13/h6,17H,3-5H2,1-2H3. The molecule has 1 fully saturated rings. The minimum absolute atomic E-state index is 0.0569. The van der Waals surface area contributed by atoms with Crippen LogP contribution in [0.1, 0.15) is 24.8 Å². The van der Waals surface area contributed by atoms with Gasteiger partial charge in [0, 0.05) is 6.07 Å². The monoisotopic (exact) mass is 267 g/mol. The van der Waals surface area contributed by atoms with Crippen molar-refractivity contribution in [3.8, 4) is 17.2 Å². The van der Waals surface area contributed by atoms with Gasteiger partial charge < -0.3 is 14.6 Å². The molecule has 0 bridgehead atoms. The first-order chi connectivity index (χ1) is 9.09. The van der Waals surface area contributed by atoms with Crippen LogP contribution in [0, 0.1) is 5.82 Å². The van der Waals surface area contributed by atoms with Gasteiger partial charge in [-0.3, -0.25) is 0 Å². The highest BCUT2D eigenvalue weighted by Gasteiger charge is 2.45. The Balaban J connectivity index is 2.73. The molecule has 1 aliphatic rings. The first kappa shape index (κ1) is 13.4. The van der Waals surface area contributed by atoms with Crippen LogP contribution >= 0.6 is 0 Å². The molecule has 1 saturated carbocycles. The third kappa shape index (κ3) is 1.94. The van der Waals surface area contributed by atoms with Crippen LogP contribution in [-0.4, -0.2) is 25.4 Å². The first-order valence-electron chi connectivity index (χ1n) is 5.82.